The lowest BCUT2D eigenvalue weighted by Gasteiger charge is -2.22. The van der Waals surface area contributed by atoms with Crippen LogP contribution in [0.2, 0.25) is 0 Å². The molecule has 0 saturated carbocycles. The molecule has 0 aromatic carbocycles. The third-order valence-electron chi connectivity index (χ3n) is 1.48. The Morgan fingerprint density at radius 2 is 1.83 bits per heavy atom. The molecule has 0 aliphatic rings. The molecule has 3 heteroatoms. The van der Waals surface area contributed by atoms with Crippen molar-refractivity contribution >= 4 is 0 Å². The second-order valence-electron chi connectivity index (χ2n) is 3.41. The van der Waals surface area contributed by atoms with Crippen molar-refractivity contribution in [2.45, 2.75) is 39.2 Å². The fourth-order valence-electron chi connectivity index (χ4n) is 0.674. The van der Waals surface area contributed by atoms with E-state index in [2.05, 4.69) is 0 Å². The van der Waals surface area contributed by atoms with Crippen LogP contribution in [0.5, 0.6) is 0 Å². The zero-order valence-corrected chi connectivity index (χ0v) is 8.55. The Kier molecular flexibility index (Phi) is 6.34. The smallest absolute Gasteiger partial charge is 0.100 e. The van der Waals surface area contributed by atoms with Gasteiger partial charge in [-0.25, -0.2) is 9.78 Å². The summed E-state index contributed by atoms with van der Waals surface area (Å²) in [4.78, 5) is 10.2. The Morgan fingerprint density at radius 1 is 1.17 bits per heavy atom. The van der Waals surface area contributed by atoms with E-state index in [9.17, 15) is 0 Å². The van der Waals surface area contributed by atoms with Crippen molar-refractivity contribution in [2.75, 3.05) is 20.3 Å². The molecule has 0 spiro atoms. The van der Waals surface area contributed by atoms with Crippen LogP contribution < -0.4 is 0 Å². The third-order valence-corrected chi connectivity index (χ3v) is 1.48. The van der Waals surface area contributed by atoms with Gasteiger partial charge in [-0.15, -0.1) is 0 Å². The summed E-state index contributed by atoms with van der Waals surface area (Å²) < 4.78 is 4.95. The van der Waals surface area contributed by atoms with Gasteiger partial charge in [0.25, 0.3) is 0 Å². The van der Waals surface area contributed by atoms with E-state index in [0.717, 1.165) is 12.8 Å². The standard InChI is InChI=1S/C9H20O3/c1-5-7-11-12-9(2,3)6-8-10-4/h5-8H2,1-4H3. The highest BCUT2D eigenvalue weighted by Gasteiger charge is 2.19. The Balaban J connectivity index is 3.42. The molecule has 0 aliphatic carbocycles. The van der Waals surface area contributed by atoms with Crippen LogP contribution >= 0.6 is 0 Å². The molecule has 0 aromatic heterocycles. The molecule has 0 bridgehead atoms. The minimum atomic E-state index is -0.245. The maximum atomic E-state index is 5.19. The maximum Gasteiger partial charge on any atom is 0.100 e. The molecule has 0 amide bonds. The molecule has 0 fully saturated rings. The van der Waals surface area contributed by atoms with Gasteiger partial charge >= 0.3 is 0 Å². The van der Waals surface area contributed by atoms with E-state index < -0.39 is 0 Å². The lowest BCUT2D eigenvalue weighted by Crippen LogP contribution is -2.26. The summed E-state index contributed by atoms with van der Waals surface area (Å²) in [5.41, 5.74) is -0.245. The molecule has 0 unspecified atom stereocenters. The van der Waals surface area contributed by atoms with Gasteiger partial charge in [0.1, 0.15) is 5.60 Å². The van der Waals surface area contributed by atoms with Crippen molar-refractivity contribution in [1.29, 1.82) is 0 Å². The first kappa shape index (κ1) is 11.9. The van der Waals surface area contributed by atoms with Gasteiger partial charge in [0, 0.05) is 20.1 Å². The molecule has 74 valence electrons. The van der Waals surface area contributed by atoms with Crippen LogP contribution in [0.15, 0.2) is 0 Å². The second kappa shape index (κ2) is 6.40. The van der Waals surface area contributed by atoms with Crippen LogP contribution in [0.4, 0.5) is 0 Å². The predicted octanol–water partition coefficient (Wildman–Crippen LogP) is 2.16. The third kappa shape index (κ3) is 6.58. The number of ether oxygens (including phenoxy) is 1. The summed E-state index contributed by atoms with van der Waals surface area (Å²) in [7, 11) is 1.68. The highest BCUT2D eigenvalue weighted by Crippen LogP contribution is 2.14. The monoisotopic (exact) mass is 176 g/mol. The Morgan fingerprint density at radius 3 is 2.33 bits per heavy atom. The summed E-state index contributed by atoms with van der Waals surface area (Å²) in [5, 5.41) is 0. The molecule has 3 nitrogen and oxygen atoms in total. The van der Waals surface area contributed by atoms with Crippen LogP contribution in [0, 0.1) is 0 Å². The lowest BCUT2D eigenvalue weighted by molar-refractivity contribution is -0.355. The lowest BCUT2D eigenvalue weighted by atomic mass is 10.1. The van der Waals surface area contributed by atoms with E-state index in [1.807, 2.05) is 20.8 Å². The van der Waals surface area contributed by atoms with Gasteiger partial charge in [-0.3, -0.25) is 0 Å². The van der Waals surface area contributed by atoms with Gasteiger partial charge in [-0.2, -0.15) is 0 Å². The van der Waals surface area contributed by atoms with Gasteiger partial charge in [0.15, 0.2) is 0 Å². The van der Waals surface area contributed by atoms with Gasteiger partial charge in [0.05, 0.1) is 6.61 Å². The molecule has 0 rings (SSSR count). The Hall–Kier alpha value is -0.120. The maximum absolute atomic E-state index is 5.19. The molecule has 0 heterocycles. The van der Waals surface area contributed by atoms with Gasteiger partial charge in [-0.1, -0.05) is 6.92 Å². The van der Waals surface area contributed by atoms with E-state index in [1.54, 1.807) is 7.11 Å². The molecule has 0 aromatic rings. The molecule has 0 N–H and O–H groups in total. The number of rotatable bonds is 7. The van der Waals surface area contributed by atoms with E-state index in [1.165, 1.54) is 0 Å². The fourth-order valence-corrected chi connectivity index (χ4v) is 0.674. The van der Waals surface area contributed by atoms with E-state index in [-0.39, 0.29) is 5.60 Å². The largest absolute Gasteiger partial charge is 0.385 e. The number of methoxy groups -OCH3 is 1. The van der Waals surface area contributed by atoms with Gasteiger partial charge in [-0.05, 0) is 20.3 Å². The van der Waals surface area contributed by atoms with Crippen LogP contribution in [-0.2, 0) is 14.5 Å². The summed E-state index contributed by atoms with van der Waals surface area (Å²) in [6.07, 6.45) is 1.81. The summed E-state index contributed by atoms with van der Waals surface area (Å²) in [6.45, 7) is 7.37. The molecule has 0 saturated heterocycles. The average Bonchev–Trinajstić information content (AvgIpc) is 2.01. The second-order valence-corrected chi connectivity index (χ2v) is 3.41. The zero-order chi connectivity index (χ0) is 9.45. The van der Waals surface area contributed by atoms with Gasteiger partial charge in [0.2, 0.25) is 0 Å². The van der Waals surface area contributed by atoms with Gasteiger partial charge < -0.3 is 4.74 Å². The molecule has 12 heavy (non-hydrogen) atoms. The minimum absolute atomic E-state index is 0.245. The summed E-state index contributed by atoms with van der Waals surface area (Å²) >= 11 is 0. The first-order chi connectivity index (χ1) is 5.62. The molecular formula is C9H20O3. The number of hydrogen-bond acceptors (Lipinski definition) is 3. The van der Waals surface area contributed by atoms with Crippen molar-refractivity contribution in [3.8, 4) is 0 Å². The van der Waals surface area contributed by atoms with Crippen molar-refractivity contribution in [3.63, 3.8) is 0 Å². The molecule has 0 atom stereocenters. The van der Waals surface area contributed by atoms with Crippen molar-refractivity contribution in [2.24, 2.45) is 0 Å². The first-order valence-electron chi connectivity index (χ1n) is 4.42. The van der Waals surface area contributed by atoms with E-state index >= 15 is 0 Å². The SMILES string of the molecule is CCCOOC(C)(C)CCOC. The predicted molar refractivity (Wildman–Crippen MR) is 47.9 cm³/mol. The Bertz CT molecular complexity index is 102. The summed E-state index contributed by atoms with van der Waals surface area (Å²) in [5.74, 6) is 0. The Labute approximate surface area is 74.9 Å². The normalized spacial score (nSPS) is 12.0. The molecular weight excluding hydrogens is 156 g/mol. The van der Waals surface area contributed by atoms with Crippen molar-refractivity contribution in [1.82, 2.24) is 0 Å². The molecule has 0 aliphatic heterocycles. The van der Waals surface area contributed by atoms with Crippen molar-refractivity contribution < 1.29 is 14.5 Å². The summed E-state index contributed by atoms with van der Waals surface area (Å²) in [6, 6.07) is 0. The highest BCUT2D eigenvalue weighted by atomic mass is 17.2. The van der Waals surface area contributed by atoms with Crippen LogP contribution in [0.3, 0.4) is 0 Å². The van der Waals surface area contributed by atoms with E-state index in [0.29, 0.717) is 13.2 Å². The van der Waals surface area contributed by atoms with Crippen LogP contribution in [-0.4, -0.2) is 25.9 Å². The average molecular weight is 176 g/mol. The van der Waals surface area contributed by atoms with Crippen molar-refractivity contribution in [3.05, 3.63) is 0 Å². The van der Waals surface area contributed by atoms with Crippen LogP contribution in [0.25, 0.3) is 0 Å². The van der Waals surface area contributed by atoms with E-state index in [4.69, 9.17) is 14.5 Å². The topological polar surface area (TPSA) is 27.7 Å². The quantitative estimate of drug-likeness (QED) is 0.338. The molecule has 0 radical (unpaired) electrons. The highest BCUT2D eigenvalue weighted by molar-refractivity contribution is 4.65. The number of hydrogen-bond donors (Lipinski definition) is 0. The first-order valence-corrected chi connectivity index (χ1v) is 4.42. The van der Waals surface area contributed by atoms with Crippen LogP contribution in [0.1, 0.15) is 33.6 Å². The fraction of sp³-hybridized carbons (Fsp3) is 1.00. The minimum Gasteiger partial charge on any atom is -0.385 e. The zero-order valence-electron chi connectivity index (χ0n) is 8.55.